The number of aromatic nitrogens is 1. The Kier molecular flexibility index (Phi) is 5.22. The van der Waals surface area contributed by atoms with Crippen molar-refractivity contribution in [3.05, 3.63) is 62.3 Å². The van der Waals surface area contributed by atoms with E-state index in [2.05, 4.69) is 32.3 Å². The molecule has 0 fully saturated rings. The molecular weight excluding hydrogens is 347 g/mol. The van der Waals surface area contributed by atoms with E-state index in [0.29, 0.717) is 10.0 Å². The van der Waals surface area contributed by atoms with E-state index in [4.69, 9.17) is 23.2 Å². The monoisotopic (exact) mass is 358 g/mol. The molecule has 1 unspecified atom stereocenters. The largest absolute Gasteiger partial charge is 0.313 e. The fraction of sp³-hybridized carbons (Fsp3) is 0.214. The number of benzene rings is 1. The predicted octanol–water partition coefficient (Wildman–Crippen LogP) is 4.65. The second kappa shape index (κ2) is 6.71. The molecule has 0 bridgehead atoms. The first-order valence-electron chi connectivity index (χ1n) is 5.82. The van der Waals surface area contributed by atoms with Gasteiger partial charge < -0.3 is 5.32 Å². The van der Waals surface area contributed by atoms with Crippen molar-refractivity contribution in [3.8, 4) is 0 Å². The number of halogens is 3. The third-order valence-electron chi connectivity index (χ3n) is 2.88. The van der Waals surface area contributed by atoms with E-state index in [0.717, 1.165) is 22.0 Å². The summed E-state index contributed by atoms with van der Waals surface area (Å²) in [6.45, 7) is 0. The fourth-order valence-corrected chi connectivity index (χ4v) is 2.79. The highest BCUT2D eigenvalue weighted by Crippen LogP contribution is 2.28. The second-order valence-corrected chi connectivity index (χ2v) is 5.98. The zero-order valence-electron chi connectivity index (χ0n) is 10.3. The number of nitrogens with zero attached hydrogens (tertiary/aromatic N) is 1. The van der Waals surface area contributed by atoms with Crippen LogP contribution in [0.5, 0.6) is 0 Å². The Balaban J connectivity index is 2.27. The van der Waals surface area contributed by atoms with Gasteiger partial charge >= 0.3 is 0 Å². The smallest absolute Gasteiger partial charge is 0.0454 e. The molecule has 19 heavy (non-hydrogen) atoms. The van der Waals surface area contributed by atoms with E-state index in [1.165, 1.54) is 0 Å². The lowest BCUT2D eigenvalue weighted by atomic mass is 10.00. The van der Waals surface area contributed by atoms with Gasteiger partial charge in [-0.3, -0.25) is 4.98 Å². The molecule has 1 N–H and O–H groups in total. The number of hydrogen-bond donors (Lipinski definition) is 1. The van der Waals surface area contributed by atoms with Gasteiger partial charge in [0.25, 0.3) is 0 Å². The molecule has 1 heterocycles. The first-order chi connectivity index (χ1) is 9.10. The number of pyridine rings is 1. The quantitative estimate of drug-likeness (QED) is 0.859. The van der Waals surface area contributed by atoms with Gasteiger partial charge in [-0.25, -0.2) is 0 Å². The number of likely N-dealkylation sites (N-methyl/N-ethyl adjacent to an activating group) is 1. The van der Waals surface area contributed by atoms with Crippen LogP contribution in [0, 0.1) is 0 Å². The van der Waals surface area contributed by atoms with Gasteiger partial charge in [0, 0.05) is 33.0 Å². The van der Waals surface area contributed by atoms with Crippen LogP contribution in [0.3, 0.4) is 0 Å². The summed E-state index contributed by atoms with van der Waals surface area (Å²) in [7, 11) is 1.91. The van der Waals surface area contributed by atoms with Crippen LogP contribution in [0.4, 0.5) is 0 Å². The first-order valence-corrected chi connectivity index (χ1v) is 7.36. The summed E-state index contributed by atoms with van der Waals surface area (Å²) in [5.74, 6) is 0. The van der Waals surface area contributed by atoms with Crippen LogP contribution in [0.2, 0.25) is 10.0 Å². The third kappa shape index (κ3) is 3.93. The van der Waals surface area contributed by atoms with Crippen LogP contribution < -0.4 is 5.32 Å². The number of nitrogens with one attached hydrogen (secondary N) is 1. The Morgan fingerprint density at radius 2 is 2.05 bits per heavy atom. The minimum Gasteiger partial charge on any atom is -0.313 e. The third-order valence-corrected chi connectivity index (χ3v) is 3.90. The van der Waals surface area contributed by atoms with Crippen molar-refractivity contribution < 1.29 is 0 Å². The molecule has 0 saturated heterocycles. The van der Waals surface area contributed by atoms with Crippen LogP contribution in [0.25, 0.3) is 0 Å². The average Bonchev–Trinajstić information content (AvgIpc) is 2.39. The summed E-state index contributed by atoms with van der Waals surface area (Å²) in [5.41, 5.74) is 2.13. The van der Waals surface area contributed by atoms with Crippen molar-refractivity contribution in [2.24, 2.45) is 0 Å². The summed E-state index contributed by atoms with van der Waals surface area (Å²) < 4.78 is 0.969. The van der Waals surface area contributed by atoms with Gasteiger partial charge in [0.2, 0.25) is 0 Å². The van der Waals surface area contributed by atoms with E-state index in [-0.39, 0.29) is 6.04 Å². The van der Waals surface area contributed by atoms with Crippen LogP contribution in [0.15, 0.2) is 41.1 Å². The van der Waals surface area contributed by atoms with Crippen LogP contribution >= 0.6 is 39.1 Å². The molecule has 0 aliphatic heterocycles. The van der Waals surface area contributed by atoms with Gasteiger partial charge in [-0.2, -0.15) is 0 Å². The van der Waals surface area contributed by atoms with Gasteiger partial charge in [-0.1, -0.05) is 23.2 Å². The van der Waals surface area contributed by atoms with E-state index >= 15 is 0 Å². The highest BCUT2D eigenvalue weighted by atomic mass is 79.9. The zero-order valence-corrected chi connectivity index (χ0v) is 13.4. The molecule has 0 radical (unpaired) electrons. The summed E-state index contributed by atoms with van der Waals surface area (Å²) in [6, 6.07) is 7.66. The van der Waals surface area contributed by atoms with Crippen LogP contribution in [-0.4, -0.2) is 12.0 Å². The van der Waals surface area contributed by atoms with Crippen molar-refractivity contribution in [1.82, 2.24) is 10.3 Å². The first kappa shape index (κ1) is 14.8. The molecule has 0 amide bonds. The summed E-state index contributed by atoms with van der Waals surface area (Å²) in [4.78, 5) is 4.17. The molecule has 100 valence electrons. The van der Waals surface area contributed by atoms with Crippen molar-refractivity contribution in [2.45, 2.75) is 12.5 Å². The molecule has 2 aromatic rings. The van der Waals surface area contributed by atoms with Crippen molar-refractivity contribution >= 4 is 39.1 Å². The molecule has 0 spiro atoms. The Morgan fingerprint density at radius 1 is 1.26 bits per heavy atom. The van der Waals surface area contributed by atoms with Gasteiger partial charge in [0.1, 0.15) is 0 Å². The summed E-state index contributed by atoms with van der Waals surface area (Å²) in [5, 5.41) is 4.67. The number of rotatable bonds is 4. The van der Waals surface area contributed by atoms with Gasteiger partial charge in [0.15, 0.2) is 0 Å². The molecule has 1 aromatic heterocycles. The molecule has 5 heteroatoms. The standard InChI is InChI=1S/C14H13BrCl2N2/c1-18-14(5-9-4-10(15)8-19-7-9)12-6-11(16)2-3-13(12)17/h2-4,6-8,14,18H,5H2,1H3. The Bertz CT molecular complexity index is 575. The van der Waals surface area contributed by atoms with Crippen LogP contribution in [-0.2, 0) is 6.42 Å². The lowest BCUT2D eigenvalue weighted by Gasteiger charge is -2.18. The minimum atomic E-state index is 0.0994. The highest BCUT2D eigenvalue weighted by molar-refractivity contribution is 9.10. The van der Waals surface area contributed by atoms with Crippen molar-refractivity contribution in [1.29, 1.82) is 0 Å². The molecule has 0 aliphatic carbocycles. The molecule has 0 saturated carbocycles. The minimum absolute atomic E-state index is 0.0994. The van der Waals surface area contributed by atoms with E-state index < -0.39 is 0 Å². The molecular formula is C14H13BrCl2N2. The van der Waals surface area contributed by atoms with E-state index in [1.54, 1.807) is 12.3 Å². The Morgan fingerprint density at radius 3 is 2.74 bits per heavy atom. The van der Waals surface area contributed by atoms with Crippen molar-refractivity contribution in [2.75, 3.05) is 7.05 Å². The van der Waals surface area contributed by atoms with Gasteiger partial charge in [0.05, 0.1) is 0 Å². The number of hydrogen-bond acceptors (Lipinski definition) is 2. The topological polar surface area (TPSA) is 24.9 Å². The maximum absolute atomic E-state index is 6.24. The maximum atomic E-state index is 6.24. The molecule has 2 rings (SSSR count). The second-order valence-electron chi connectivity index (χ2n) is 4.22. The highest BCUT2D eigenvalue weighted by Gasteiger charge is 2.14. The lowest BCUT2D eigenvalue weighted by molar-refractivity contribution is 0.591. The Labute approximate surface area is 131 Å². The molecule has 1 aromatic carbocycles. The van der Waals surface area contributed by atoms with Crippen LogP contribution in [0.1, 0.15) is 17.2 Å². The molecule has 2 nitrogen and oxygen atoms in total. The summed E-state index contributed by atoms with van der Waals surface area (Å²) in [6.07, 6.45) is 4.42. The zero-order chi connectivity index (χ0) is 13.8. The molecule has 0 aliphatic rings. The fourth-order valence-electron chi connectivity index (χ4n) is 1.95. The van der Waals surface area contributed by atoms with E-state index in [9.17, 15) is 0 Å². The van der Waals surface area contributed by atoms with Gasteiger partial charge in [-0.15, -0.1) is 0 Å². The van der Waals surface area contributed by atoms with Crippen molar-refractivity contribution in [3.63, 3.8) is 0 Å². The summed E-state index contributed by atoms with van der Waals surface area (Å²) >= 11 is 15.7. The predicted molar refractivity (Wildman–Crippen MR) is 83.9 cm³/mol. The normalized spacial score (nSPS) is 12.4. The average molecular weight is 360 g/mol. The maximum Gasteiger partial charge on any atom is 0.0454 e. The lowest BCUT2D eigenvalue weighted by Crippen LogP contribution is -2.19. The van der Waals surface area contributed by atoms with E-state index in [1.807, 2.05) is 25.4 Å². The molecule has 1 atom stereocenters. The SMILES string of the molecule is CNC(Cc1cncc(Br)c1)c1cc(Cl)ccc1Cl. The Hall–Kier alpha value is -0.610. The van der Waals surface area contributed by atoms with Gasteiger partial charge in [-0.05, 0) is 64.8 Å².